The van der Waals surface area contributed by atoms with E-state index < -0.39 is 9.84 Å². The van der Waals surface area contributed by atoms with E-state index in [0.717, 1.165) is 63.8 Å². The van der Waals surface area contributed by atoms with Crippen LogP contribution in [0.15, 0.2) is 34.2 Å². The molecule has 1 atom stereocenters. The number of likely N-dealkylation sites (N-methyl/N-ethyl adjacent to an activating group) is 1. The molecule has 1 aliphatic heterocycles. The van der Waals surface area contributed by atoms with Crippen LogP contribution >= 0.6 is 0 Å². The fourth-order valence-corrected chi connectivity index (χ4v) is 4.23. The molecule has 0 spiro atoms. The highest BCUT2D eigenvalue weighted by molar-refractivity contribution is 7.90. The van der Waals surface area contributed by atoms with Crippen LogP contribution in [-0.2, 0) is 16.3 Å². The first-order valence-corrected chi connectivity index (χ1v) is 13.0. The monoisotopic (exact) mass is 437 g/mol. The van der Waals surface area contributed by atoms with Crippen molar-refractivity contribution >= 4 is 15.8 Å². The van der Waals surface area contributed by atoms with Crippen LogP contribution in [0.4, 0.5) is 0 Å². The molecule has 0 aliphatic carbocycles. The first kappa shape index (κ1) is 24.6. The number of aliphatic imine (C=N–C) groups is 1. The summed E-state index contributed by atoms with van der Waals surface area (Å²) in [7, 11) is -3.14. The van der Waals surface area contributed by atoms with Gasteiger partial charge in [-0.25, -0.2) is 8.42 Å². The van der Waals surface area contributed by atoms with Crippen molar-refractivity contribution in [2.45, 2.75) is 32.1 Å². The average Bonchev–Trinajstić information content (AvgIpc) is 2.72. The Balaban J connectivity index is 1.77. The van der Waals surface area contributed by atoms with E-state index in [9.17, 15) is 8.42 Å². The number of rotatable bonds is 10. The van der Waals surface area contributed by atoms with Crippen LogP contribution in [0.5, 0.6) is 0 Å². The fourth-order valence-electron chi connectivity index (χ4n) is 3.60. The van der Waals surface area contributed by atoms with Crippen molar-refractivity contribution in [2.75, 3.05) is 65.2 Å². The van der Waals surface area contributed by atoms with Crippen LogP contribution in [0.3, 0.4) is 0 Å². The maximum Gasteiger partial charge on any atom is 0.191 e. The van der Waals surface area contributed by atoms with Crippen LogP contribution in [0, 0.1) is 5.92 Å². The zero-order valence-corrected chi connectivity index (χ0v) is 19.8. The van der Waals surface area contributed by atoms with Gasteiger partial charge in [0, 0.05) is 58.6 Å². The molecule has 30 heavy (non-hydrogen) atoms. The van der Waals surface area contributed by atoms with E-state index in [1.54, 1.807) is 12.1 Å². The second-order valence-corrected chi connectivity index (χ2v) is 10.2. The molecule has 170 valence electrons. The molecule has 1 aromatic carbocycles. The van der Waals surface area contributed by atoms with Crippen molar-refractivity contribution in [3.63, 3.8) is 0 Å². The van der Waals surface area contributed by atoms with Gasteiger partial charge in [0.1, 0.15) is 0 Å². The summed E-state index contributed by atoms with van der Waals surface area (Å²) in [6.45, 7) is 15.8. The van der Waals surface area contributed by atoms with Crippen LogP contribution in [0.2, 0.25) is 0 Å². The van der Waals surface area contributed by atoms with Crippen LogP contribution < -0.4 is 10.6 Å². The SMILES string of the molecule is CCNC(=NCC(C)CN1CCN(CC)CC1)NCCc1ccc(S(C)(=O)=O)cc1. The third-order valence-electron chi connectivity index (χ3n) is 5.44. The van der Waals surface area contributed by atoms with Gasteiger partial charge in [0.15, 0.2) is 15.8 Å². The molecule has 1 unspecified atom stereocenters. The van der Waals surface area contributed by atoms with Crippen molar-refractivity contribution in [3.05, 3.63) is 29.8 Å². The summed E-state index contributed by atoms with van der Waals surface area (Å²) >= 11 is 0. The first-order valence-electron chi connectivity index (χ1n) is 11.1. The average molecular weight is 438 g/mol. The Morgan fingerprint density at radius 2 is 1.70 bits per heavy atom. The van der Waals surface area contributed by atoms with Gasteiger partial charge in [-0.05, 0) is 43.5 Å². The maximum absolute atomic E-state index is 11.6. The Morgan fingerprint density at radius 1 is 1.07 bits per heavy atom. The predicted octanol–water partition coefficient (Wildman–Crippen LogP) is 1.46. The second-order valence-electron chi connectivity index (χ2n) is 8.15. The number of nitrogens with zero attached hydrogens (tertiary/aromatic N) is 3. The number of hydrogen-bond acceptors (Lipinski definition) is 5. The summed E-state index contributed by atoms with van der Waals surface area (Å²) in [6, 6.07) is 7.10. The van der Waals surface area contributed by atoms with E-state index in [1.165, 1.54) is 19.3 Å². The largest absolute Gasteiger partial charge is 0.357 e. The lowest BCUT2D eigenvalue weighted by Crippen LogP contribution is -2.47. The van der Waals surface area contributed by atoms with Crippen LogP contribution in [0.25, 0.3) is 0 Å². The van der Waals surface area contributed by atoms with E-state index in [4.69, 9.17) is 4.99 Å². The summed E-state index contributed by atoms with van der Waals surface area (Å²) in [5.41, 5.74) is 1.10. The maximum atomic E-state index is 11.6. The third-order valence-corrected chi connectivity index (χ3v) is 6.57. The molecule has 1 aromatic rings. The van der Waals surface area contributed by atoms with Crippen molar-refractivity contribution in [3.8, 4) is 0 Å². The summed E-state index contributed by atoms with van der Waals surface area (Å²) in [6.07, 6.45) is 2.04. The molecule has 1 heterocycles. The molecule has 1 saturated heterocycles. The highest BCUT2D eigenvalue weighted by atomic mass is 32.2. The Kier molecular flexibility index (Phi) is 10.1. The van der Waals surface area contributed by atoms with E-state index in [-0.39, 0.29) is 0 Å². The molecule has 0 radical (unpaired) electrons. The fraction of sp³-hybridized carbons (Fsp3) is 0.682. The van der Waals surface area contributed by atoms with Gasteiger partial charge in [-0.3, -0.25) is 4.99 Å². The van der Waals surface area contributed by atoms with Gasteiger partial charge in [-0.15, -0.1) is 0 Å². The molecular weight excluding hydrogens is 398 g/mol. The van der Waals surface area contributed by atoms with E-state index in [2.05, 4.69) is 41.2 Å². The van der Waals surface area contributed by atoms with Crippen LogP contribution in [-0.4, -0.2) is 89.3 Å². The zero-order chi connectivity index (χ0) is 22.0. The Labute approximate surface area is 182 Å². The normalized spacial score (nSPS) is 17.7. The third kappa shape index (κ3) is 8.62. The lowest BCUT2D eigenvalue weighted by atomic mass is 10.1. The van der Waals surface area contributed by atoms with Crippen molar-refractivity contribution in [2.24, 2.45) is 10.9 Å². The topological polar surface area (TPSA) is 77.0 Å². The summed E-state index contributed by atoms with van der Waals surface area (Å²) in [4.78, 5) is 10.2. The standard InChI is InChI=1S/C22H39N5O2S/c1-5-23-22(24-12-11-20-7-9-21(10-8-20)30(4,28)29)25-17-19(3)18-27-15-13-26(6-2)14-16-27/h7-10,19H,5-6,11-18H2,1-4H3,(H2,23,24,25). The molecule has 2 N–H and O–H groups in total. The van der Waals surface area contributed by atoms with Gasteiger partial charge in [0.2, 0.25) is 0 Å². The Hall–Kier alpha value is -1.64. The van der Waals surface area contributed by atoms with Gasteiger partial charge >= 0.3 is 0 Å². The van der Waals surface area contributed by atoms with Gasteiger partial charge in [0.25, 0.3) is 0 Å². The quantitative estimate of drug-likeness (QED) is 0.426. The minimum atomic E-state index is -3.14. The minimum absolute atomic E-state index is 0.360. The number of hydrogen-bond donors (Lipinski definition) is 2. The van der Waals surface area contributed by atoms with Gasteiger partial charge in [-0.2, -0.15) is 0 Å². The summed E-state index contributed by atoms with van der Waals surface area (Å²) < 4.78 is 23.1. The number of benzene rings is 1. The molecule has 0 bridgehead atoms. The molecule has 1 aliphatic rings. The highest BCUT2D eigenvalue weighted by Gasteiger charge is 2.17. The first-order chi connectivity index (χ1) is 14.3. The van der Waals surface area contributed by atoms with E-state index in [1.807, 2.05) is 12.1 Å². The van der Waals surface area contributed by atoms with Gasteiger partial charge in [-0.1, -0.05) is 26.0 Å². The summed E-state index contributed by atoms with van der Waals surface area (Å²) in [5.74, 6) is 1.35. The molecule has 0 aromatic heterocycles. The second kappa shape index (κ2) is 12.3. The Morgan fingerprint density at radius 3 is 2.27 bits per heavy atom. The minimum Gasteiger partial charge on any atom is -0.357 e. The molecule has 1 fully saturated rings. The van der Waals surface area contributed by atoms with Crippen molar-refractivity contribution in [1.82, 2.24) is 20.4 Å². The highest BCUT2D eigenvalue weighted by Crippen LogP contribution is 2.10. The lowest BCUT2D eigenvalue weighted by Gasteiger charge is -2.35. The Bertz CT molecular complexity index is 756. The number of sulfone groups is 1. The summed E-state index contributed by atoms with van der Waals surface area (Å²) in [5, 5.41) is 6.70. The molecular formula is C22H39N5O2S. The number of nitrogens with one attached hydrogen (secondary N) is 2. The zero-order valence-electron chi connectivity index (χ0n) is 19.0. The van der Waals surface area contributed by atoms with Crippen molar-refractivity contribution < 1.29 is 8.42 Å². The van der Waals surface area contributed by atoms with Crippen LogP contribution in [0.1, 0.15) is 26.3 Å². The lowest BCUT2D eigenvalue weighted by molar-refractivity contribution is 0.125. The van der Waals surface area contributed by atoms with Crippen molar-refractivity contribution in [1.29, 1.82) is 0 Å². The number of piperazine rings is 1. The number of guanidine groups is 1. The molecule has 7 nitrogen and oxygen atoms in total. The smallest absolute Gasteiger partial charge is 0.191 e. The molecule has 0 saturated carbocycles. The van der Waals surface area contributed by atoms with Gasteiger partial charge < -0.3 is 20.4 Å². The van der Waals surface area contributed by atoms with E-state index in [0.29, 0.717) is 10.8 Å². The van der Waals surface area contributed by atoms with E-state index >= 15 is 0 Å². The molecule has 2 rings (SSSR count). The van der Waals surface area contributed by atoms with Gasteiger partial charge in [0.05, 0.1) is 4.90 Å². The predicted molar refractivity (Wildman–Crippen MR) is 125 cm³/mol. The molecule has 8 heteroatoms. The molecule has 0 amide bonds.